The summed E-state index contributed by atoms with van der Waals surface area (Å²) >= 11 is 1.29. The van der Waals surface area contributed by atoms with Crippen molar-refractivity contribution in [3.63, 3.8) is 0 Å². The van der Waals surface area contributed by atoms with Crippen molar-refractivity contribution in [2.45, 2.75) is 37.7 Å². The highest BCUT2D eigenvalue weighted by molar-refractivity contribution is 7.99. The number of hydrogen-bond acceptors (Lipinski definition) is 6. The summed E-state index contributed by atoms with van der Waals surface area (Å²) in [6.07, 6.45) is 1.40. The quantitative estimate of drug-likeness (QED) is 0.735. The second-order valence-corrected chi connectivity index (χ2v) is 9.79. The Balaban J connectivity index is 1.68. The summed E-state index contributed by atoms with van der Waals surface area (Å²) in [4.78, 5) is 18.5. The Bertz CT molecular complexity index is 939. The van der Waals surface area contributed by atoms with Gasteiger partial charge in [-0.05, 0) is 49.9 Å². The average Bonchev–Trinajstić information content (AvgIpc) is 3.18. The molecule has 1 fully saturated rings. The number of piperazine rings is 1. The molecule has 0 bridgehead atoms. The van der Waals surface area contributed by atoms with Crippen LogP contribution in [0.25, 0.3) is 0 Å². The minimum atomic E-state index is -3.60. The lowest BCUT2D eigenvalue weighted by atomic mass is 10.0. The van der Waals surface area contributed by atoms with Crippen LogP contribution in [-0.4, -0.2) is 70.6 Å². The molecule has 8 nitrogen and oxygen atoms in total. The van der Waals surface area contributed by atoms with Gasteiger partial charge in [0.05, 0.1) is 10.6 Å². The van der Waals surface area contributed by atoms with E-state index in [1.807, 2.05) is 33.8 Å². The lowest BCUT2D eigenvalue weighted by Gasteiger charge is -2.34. The number of nitrogens with one attached hydrogen (secondary N) is 1. The smallest absolute Gasteiger partial charge is 0.243 e. The topological polar surface area (TPSA) is 99.3 Å². The molecule has 1 aromatic carbocycles. The number of carbonyl (C=O) groups is 1. The summed E-state index contributed by atoms with van der Waals surface area (Å²) in [5, 5.41) is 7.05. The summed E-state index contributed by atoms with van der Waals surface area (Å²) in [6, 6.07) is 2.02. The van der Waals surface area contributed by atoms with Crippen LogP contribution in [0.1, 0.15) is 22.3 Å². The maximum absolute atomic E-state index is 13.3. The number of H-pyrrole nitrogens is 1. The van der Waals surface area contributed by atoms with Crippen molar-refractivity contribution in [2.75, 3.05) is 31.9 Å². The van der Waals surface area contributed by atoms with E-state index < -0.39 is 10.0 Å². The number of aromatic amines is 1. The lowest BCUT2D eigenvalue weighted by molar-refractivity contribution is -0.129. The molecule has 0 radical (unpaired) electrons. The molecule has 1 aliphatic heterocycles. The summed E-state index contributed by atoms with van der Waals surface area (Å²) < 4.78 is 28.1. The predicted molar refractivity (Wildman–Crippen MR) is 108 cm³/mol. The highest BCUT2D eigenvalue weighted by Gasteiger charge is 2.32. The summed E-state index contributed by atoms with van der Waals surface area (Å²) in [7, 11) is -3.60. The molecule has 1 amide bonds. The van der Waals surface area contributed by atoms with Crippen LogP contribution in [0, 0.1) is 27.7 Å². The van der Waals surface area contributed by atoms with Crippen molar-refractivity contribution in [1.29, 1.82) is 0 Å². The van der Waals surface area contributed by atoms with E-state index in [9.17, 15) is 13.2 Å². The normalized spacial score (nSPS) is 15.8. The van der Waals surface area contributed by atoms with Crippen LogP contribution in [0.5, 0.6) is 0 Å². The summed E-state index contributed by atoms with van der Waals surface area (Å²) in [5.41, 5.74) is 3.54. The van der Waals surface area contributed by atoms with Crippen molar-refractivity contribution in [1.82, 2.24) is 24.4 Å². The molecule has 28 heavy (non-hydrogen) atoms. The predicted octanol–water partition coefficient (Wildman–Crippen LogP) is 1.66. The highest BCUT2D eigenvalue weighted by Crippen LogP contribution is 2.29. The molecule has 0 saturated carbocycles. The van der Waals surface area contributed by atoms with Gasteiger partial charge < -0.3 is 4.90 Å². The van der Waals surface area contributed by atoms with Gasteiger partial charge in [0, 0.05) is 26.2 Å². The second-order valence-electron chi connectivity index (χ2n) is 6.95. The monoisotopic (exact) mass is 423 g/mol. The highest BCUT2D eigenvalue weighted by atomic mass is 32.2. The molecule has 10 heteroatoms. The number of aryl methyl sites for hydroxylation is 2. The van der Waals surface area contributed by atoms with Crippen molar-refractivity contribution in [2.24, 2.45) is 0 Å². The molecule has 0 atom stereocenters. The second kappa shape index (κ2) is 8.22. The number of aromatic nitrogens is 3. The van der Waals surface area contributed by atoms with Crippen LogP contribution in [0.3, 0.4) is 0 Å². The molecule has 0 unspecified atom stereocenters. The van der Waals surface area contributed by atoms with E-state index in [1.165, 1.54) is 22.4 Å². The fourth-order valence-corrected chi connectivity index (χ4v) is 6.04. The molecule has 0 aliphatic carbocycles. The third-order valence-electron chi connectivity index (χ3n) is 5.21. The van der Waals surface area contributed by atoms with Crippen LogP contribution >= 0.6 is 11.8 Å². The third-order valence-corrected chi connectivity index (χ3v) is 8.25. The minimum Gasteiger partial charge on any atom is -0.339 e. The molecule has 0 spiro atoms. The number of nitrogens with zero attached hydrogens (tertiary/aromatic N) is 4. The van der Waals surface area contributed by atoms with Gasteiger partial charge in [0.25, 0.3) is 0 Å². The molecular formula is C18H25N5O3S2. The molecule has 1 aliphatic rings. The maximum Gasteiger partial charge on any atom is 0.243 e. The van der Waals surface area contributed by atoms with Gasteiger partial charge in [-0.1, -0.05) is 17.8 Å². The SMILES string of the molecule is Cc1cc(C)c(C)c(S(=O)(=O)N2CCN(C(=O)CSc3ncn[nH]3)CC2)c1C. The largest absolute Gasteiger partial charge is 0.339 e. The molecule has 1 N–H and O–H groups in total. The Morgan fingerprint density at radius 3 is 2.25 bits per heavy atom. The first-order chi connectivity index (χ1) is 13.2. The average molecular weight is 424 g/mol. The van der Waals surface area contributed by atoms with Crippen molar-refractivity contribution in [3.05, 3.63) is 34.6 Å². The van der Waals surface area contributed by atoms with Crippen LogP contribution in [-0.2, 0) is 14.8 Å². The molecule has 2 aromatic rings. The Morgan fingerprint density at radius 1 is 1.11 bits per heavy atom. The molecule has 1 saturated heterocycles. The van der Waals surface area contributed by atoms with E-state index in [-0.39, 0.29) is 11.7 Å². The van der Waals surface area contributed by atoms with Crippen LogP contribution in [0.15, 0.2) is 22.4 Å². The Morgan fingerprint density at radius 2 is 1.71 bits per heavy atom. The Kier molecular flexibility index (Phi) is 6.11. The molecule has 152 valence electrons. The van der Waals surface area contributed by atoms with Crippen molar-refractivity contribution in [3.8, 4) is 0 Å². The molecular weight excluding hydrogens is 398 g/mol. The number of rotatable bonds is 5. The zero-order valence-electron chi connectivity index (χ0n) is 16.5. The number of sulfonamides is 1. The first kappa shape index (κ1) is 20.8. The Labute approximate surface area is 169 Å². The standard InChI is InChI=1S/C18H25N5O3S2/c1-12-9-13(2)15(4)17(14(12)3)28(25,26)23-7-5-22(6-8-23)16(24)10-27-18-19-11-20-21-18/h9,11H,5-8,10H2,1-4H3,(H,19,20,21). The van der Waals surface area contributed by atoms with Crippen molar-refractivity contribution >= 4 is 27.7 Å². The maximum atomic E-state index is 13.3. The van der Waals surface area contributed by atoms with Crippen molar-refractivity contribution < 1.29 is 13.2 Å². The van der Waals surface area contributed by atoms with Gasteiger partial charge in [0.1, 0.15) is 6.33 Å². The van der Waals surface area contributed by atoms with Gasteiger partial charge in [0.2, 0.25) is 15.9 Å². The molecule has 1 aromatic heterocycles. The number of benzene rings is 1. The zero-order chi connectivity index (χ0) is 20.5. The Hall–Kier alpha value is -1.91. The van der Waals surface area contributed by atoms with Gasteiger partial charge >= 0.3 is 0 Å². The fraction of sp³-hybridized carbons (Fsp3) is 0.500. The summed E-state index contributed by atoms with van der Waals surface area (Å²) in [6.45, 7) is 8.95. The zero-order valence-corrected chi connectivity index (χ0v) is 18.2. The molecule has 2 heterocycles. The van der Waals surface area contributed by atoms with Gasteiger partial charge in [-0.3, -0.25) is 9.89 Å². The number of carbonyl (C=O) groups excluding carboxylic acids is 1. The first-order valence-electron chi connectivity index (χ1n) is 9.05. The van der Waals surface area contributed by atoms with Gasteiger partial charge in [-0.2, -0.15) is 9.40 Å². The van der Waals surface area contributed by atoms with E-state index in [0.29, 0.717) is 36.2 Å². The third kappa shape index (κ3) is 4.08. The van der Waals surface area contributed by atoms with Crippen LogP contribution < -0.4 is 0 Å². The van der Waals surface area contributed by atoms with Gasteiger partial charge in [-0.15, -0.1) is 0 Å². The molecule has 3 rings (SSSR count). The minimum absolute atomic E-state index is 0.0304. The first-order valence-corrected chi connectivity index (χ1v) is 11.5. The van der Waals surface area contributed by atoms with Crippen LogP contribution in [0.2, 0.25) is 0 Å². The number of thioether (sulfide) groups is 1. The number of amides is 1. The van der Waals surface area contributed by atoms with E-state index >= 15 is 0 Å². The summed E-state index contributed by atoms with van der Waals surface area (Å²) in [5.74, 6) is 0.217. The van der Waals surface area contributed by atoms with E-state index in [0.717, 1.165) is 22.3 Å². The number of hydrogen-bond donors (Lipinski definition) is 1. The fourth-order valence-electron chi connectivity index (χ4n) is 3.36. The van der Waals surface area contributed by atoms with E-state index in [1.54, 1.807) is 4.90 Å². The van der Waals surface area contributed by atoms with E-state index in [2.05, 4.69) is 15.2 Å². The van der Waals surface area contributed by atoms with Crippen LogP contribution in [0.4, 0.5) is 0 Å². The lowest BCUT2D eigenvalue weighted by Crippen LogP contribution is -2.51. The van der Waals surface area contributed by atoms with E-state index in [4.69, 9.17) is 0 Å². The van der Waals surface area contributed by atoms with Gasteiger partial charge in [-0.25, -0.2) is 13.4 Å². The van der Waals surface area contributed by atoms with Gasteiger partial charge in [0.15, 0.2) is 5.16 Å².